The Kier molecular flexibility index (Phi) is 4.22. The molecule has 0 atom stereocenters. The smallest absolute Gasteiger partial charge is 0.349 e. The summed E-state index contributed by atoms with van der Waals surface area (Å²) in [5.41, 5.74) is 1.45. The van der Waals surface area contributed by atoms with Gasteiger partial charge in [0.2, 0.25) is 9.84 Å². The highest BCUT2D eigenvalue weighted by Gasteiger charge is 2.28. The Morgan fingerprint density at radius 1 is 1.04 bits per heavy atom. The zero-order valence-electron chi connectivity index (χ0n) is 12.9. The minimum absolute atomic E-state index is 0.0430. The fourth-order valence-corrected chi connectivity index (χ4v) is 3.78. The van der Waals surface area contributed by atoms with Crippen molar-refractivity contribution >= 4 is 32.8 Å². The molecule has 24 heavy (non-hydrogen) atoms. The fourth-order valence-electron chi connectivity index (χ4n) is 2.43. The van der Waals surface area contributed by atoms with E-state index in [0.29, 0.717) is 5.56 Å². The second-order valence-electron chi connectivity index (χ2n) is 5.11. The standard InChI is InChI=1S/C18H15NO4S/c1-23-18(20)17(24(21,22)14-7-3-2-4-8-14)11-13-12-19-16-10-6-5-9-15(13)16/h2-12,19H,1H3/b17-11+. The first-order valence-corrected chi connectivity index (χ1v) is 8.68. The van der Waals surface area contributed by atoms with Gasteiger partial charge in [0.15, 0.2) is 4.91 Å². The summed E-state index contributed by atoms with van der Waals surface area (Å²) in [4.78, 5) is 14.8. The molecule has 1 N–H and O–H groups in total. The average molecular weight is 341 g/mol. The second-order valence-corrected chi connectivity index (χ2v) is 7.02. The molecule has 0 amide bonds. The monoisotopic (exact) mass is 341 g/mol. The summed E-state index contributed by atoms with van der Waals surface area (Å²) < 4.78 is 30.3. The Morgan fingerprint density at radius 3 is 2.42 bits per heavy atom. The molecular weight excluding hydrogens is 326 g/mol. The van der Waals surface area contributed by atoms with Crippen molar-refractivity contribution < 1.29 is 17.9 Å². The second kappa shape index (κ2) is 6.33. The van der Waals surface area contributed by atoms with Crippen molar-refractivity contribution in [3.05, 3.63) is 71.3 Å². The minimum atomic E-state index is -3.98. The number of H-pyrrole nitrogens is 1. The van der Waals surface area contributed by atoms with Gasteiger partial charge in [0.1, 0.15) is 0 Å². The Bertz CT molecular complexity index is 1020. The Labute approximate surface area is 139 Å². The molecule has 3 aromatic rings. The van der Waals surface area contributed by atoms with Crippen molar-refractivity contribution in [1.29, 1.82) is 0 Å². The van der Waals surface area contributed by atoms with Crippen LogP contribution >= 0.6 is 0 Å². The van der Waals surface area contributed by atoms with Crippen LogP contribution in [-0.4, -0.2) is 26.5 Å². The first-order valence-electron chi connectivity index (χ1n) is 7.20. The van der Waals surface area contributed by atoms with Crippen LogP contribution in [0.25, 0.3) is 17.0 Å². The quantitative estimate of drug-likeness (QED) is 0.584. The number of carbonyl (C=O) groups is 1. The van der Waals surface area contributed by atoms with Gasteiger partial charge in [0, 0.05) is 22.7 Å². The first kappa shape index (κ1) is 16.0. The van der Waals surface area contributed by atoms with Crippen molar-refractivity contribution in [3.8, 4) is 0 Å². The predicted octanol–water partition coefficient (Wildman–Crippen LogP) is 3.16. The number of carbonyl (C=O) groups excluding carboxylic acids is 1. The van der Waals surface area contributed by atoms with Gasteiger partial charge < -0.3 is 9.72 Å². The van der Waals surface area contributed by atoms with Crippen LogP contribution in [0.5, 0.6) is 0 Å². The van der Waals surface area contributed by atoms with Gasteiger partial charge in [-0.15, -0.1) is 0 Å². The molecule has 3 rings (SSSR count). The van der Waals surface area contributed by atoms with Gasteiger partial charge in [0.25, 0.3) is 0 Å². The number of aromatic nitrogens is 1. The number of ether oxygens (including phenoxy) is 1. The number of esters is 1. The third-order valence-corrected chi connectivity index (χ3v) is 5.39. The molecule has 6 heteroatoms. The van der Waals surface area contributed by atoms with E-state index in [9.17, 15) is 13.2 Å². The van der Waals surface area contributed by atoms with E-state index in [1.54, 1.807) is 24.4 Å². The summed E-state index contributed by atoms with van der Waals surface area (Å²) in [5, 5.41) is 0.821. The summed E-state index contributed by atoms with van der Waals surface area (Å²) in [6.45, 7) is 0. The number of hydrogen-bond donors (Lipinski definition) is 1. The maximum Gasteiger partial charge on any atom is 0.349 e. The molecule has 1 aromatic heterocycles. The number of fused-ring (bicyclic) bond motifs is 1. The molecule has 0 bridgehead atoms. The normalized spacial score (nSPS) is 12.3. The lowest BCUT2D eigenvalue weighted by atomic mass is 10.1. The maximum absolute atomic E-state index is 12.8. The van der Waals surface area contributed by atoms with E-state index in [1.807, 2.05) is 24.3 Å². The largest absolute Gasteiger partial charge is 0.465 e. The number of sulfone groups is 1. The van der Waals surface area contributed by atoms with Crippen molar-refractivity contribution in [2.45, 2.75) is 4.90 Å². The van der Waals surface area contributed by atoms with Gasteiger partial charge in [-0.2, -0.15) is 0 Å². The van der Waals surface area contributed by atoms with Gasteiger partial charge >= 0.3 is 5.97 Å². The van der Waals surface area contributed by atoms with Gasteiger partial charge in [-0.1, -0.05) is 36.4 Å². The van der Waals surface area contributed by atoms with E-state index in [0.717, 1.165) is 18.0 Å². The van der Waals surface area contributed by atoms with E-state index in [2.05, 4.69) is 9.72 Å². The summed E-state index contributed by atoms with van der Waals surface area (Å²) in [7, 11) is -2.83. The van der Waals surface area contributed by atoms with E-state index in [4.69, 9.17) is 0 Å². The third kappa shape index (κ3) is 2.83. The maximum atomic E-state index is 12.8. The van der Waals surface area contributed by atoms with Crippen molar-refractivity contribution in [2.75, 3.05) is 7.11 Å². The molecule has 0 saturated heterocycles. The number of benzene rings is 2. The molecule has 0 saturated carbocycles. The molecule has 1 heterocycles. The molecule has 0 spiro atoms. The van der Waals surface area contributed by atoms with Crippen LogP contribution in [-0.2, 0) is 19.4 Å². The topological polar surface area (TPSA) is 76.2 Å². The van der Waals surface area contributed by atoms with Crippen molar-refractivity contribution in [1.82, 2.24) is 4.98 Å². The number of rotatable bonds is 4. The Morgan fingerprint density at radius 2 is 1.71 bits per heavy atom. The molecule has 0 fully saturated rings. The van der Waals surface area contributed by atoms with E-state index in [-0.39, 0.29) is 4.90 Å². The van der Waals surface area contributed by atoms with Crippen LogP contribution in [0.1, 0.15) is 5.56 Å². The van der Waals surface area contributed by atoms with Gasteiger partial charge in [-0.05, 0) is 24.3 Å². The van der Waals surface area contributed by atoms with E-state index < -0.39 is 20.7 Å². The van der Waals surface area contributed by atoms with E-state index >= 15 is 0 Å². The molecule has 5 nitrogen and oxygen atoms in total. The minimum Gasteiger partial charge on any atom is -0.465 e. The molecule has 0 aliphatic rings. The lowest BCUT2D eigenvalue weighted by Gasteiger charge is -2.07. The number of nitrogens with one attached hydrogen (secondary N) is 1. The zero-order valence-corrected chi connectivity index (χ0v) is 13.7. The van der Waals surface area contributed by atoms with Crippen LogP contribution in [0, 0.1) is 0 Å². The average Bonchev–Trinajstić information content (AvgIpc) is 3.02. The van der Waals surface area contributed by atoms with Crippen LogP contribution in [0.3, 0.4) is 0 Å². The molecule has 0 aliphatic heterocycles. The lowest BCUT2D eigenvalue weighted by molar-refractivity contribution is -0.135. The summed E-state index contributed by atoms with van der Waals surface area (Å²) in [6.07, 6.45) is 3.00. The van der Waals surface area contributed by atoms with Gasteiger partial charge in [-0.3, -0.25) is 0 Å². The van der Waals surface area contributed by atoms with Gasteiger partial charge in [0.05, 0.1) is 12.0 Å². The summed E-state index contributed by atoms with van der Waals surface area (Å²) in [5.74, 6) is -0.899. The summed E-state index contributed by atoms with van der Waals surface area (Å²) in [6, 6.07) is 15.2. The first-order chi connectivity index (χ1) is 11.5. The van der Waals surface area contributed by atoms with Gasteiger partial charge in [-0.25, -0.2) is 13.2 Å². The Balaban J connectivity index is 2.19. The van der Waals surface area contributed by atoms with Crippen LogP contribution in [0.15, 0.2) is 70.6 Å². The highest BCUT2D eigenvalue weighted by molar-refractivity contribution is 7.96. The van der Waals surface area contributed by atoms with E-state index in [1.165, 1.54) is 18.2 Å². The fraction of sp³-hybridized carbons (Fsp3) is 0.0556. The number of hydrogen-bond acceptors (Lipinski definition) is 4. The molecule has 0 radical (unpaired) electrons. The Hall–Kier alpha value is -2.86. The van der Waals surface area contributed by atoms with Crippen LogP contribution in [0.4, 0.5) is 0 Å². The molecule has 2 aromatic carbocycles. The number of para-hydroxylation sites is 1. The third-order valence-electron chi connectivity index (χ3n) is 3.64. The van der Waals surface area contributed by atoms with Crippen LogP contribution in [0.2, 0.25) is 0 Å². The SMILES string of the molecule is COC(=O)/C(=C\c1c[nH]c2ccccc12)S(=O)(=O)c1ccccc1. The lowest BCUT2D eigenvalue weighted by Crippen LogP contribution is -2.15. The number of aromatic amines is 1. The highest BCUT2D eigenvalue weighted by Crippen LogP contribution is 2.26. The van der Waals surface area contributed by atoms with Crippen molar-refractivity contribution in [3.63, 3.8) is 0 Å². The predicted molar refractivity (Wildman–Crippen MR) is 91.9 cm³/mol. The molecular formula is C18H15NO4S. The number of methoxy groups -OCH3 is 1. The zero-order chi connectivity index (χ0) is 17.2. The molecule has 0 aliphatic carbocycles. The van der Waals surface area contributed by atoms with Crippen LogP contribution < -0.4 is 0 Å². The highest BCUT2D eigenvalue weighted by atomic mass is 32.2. The van der Waals surface area contributed by atoms with Crippen molar-refractivity contribution in [2.24, 2.45) is 0 Å². The summed E-state index contributed by atoms with van der Waals surface area (Å²) >= 11 is 0. The molecule has 122 valence electrons. The molecule has 0 unspecified atom stereocenters.